The van der Waals surface area contributed by atoms with Crippen molar-refractivity contribution in [3.63, 3.8) is 0 Å². The highest BCUT2D eigenvalue weighted by Crippen LogP contribution is 2.16. The predicted molar refractivity (Wildman–Crippen MR) is 80.0 cm³/mol. The molecule has 0 aliphatic rings. The minimum absolute atomic E-state index is 0.673. The van der Waals surface area contributed by atoms with E-state index >= 15 is 0 Å². The molecular weight excluding hydrogens is 256 g/mol. The van der Waals surface area contributed by atoms with E-state index in [-0.39, 0.29) is 0 Å². The molecule has 1 aromatic heterocycles. The highest BCUT2D eigenvalue weighted by Gasteiger charge is 2.02. The van der Waals surface area contributed by atoms with Gasteiger partial charge in [0.1, 0.15) is 17.4 Å². The molecule has 1 aromatic carbocycles. The van der Waals surface area contributed by atoms with Crippen molar-refractivity contribution in [3.05, 3.63) is 45.4 Å². The molecule has 0 saturated carbocycles. The van der Waals surface area contributed by atoms with Crippen LogP contribution in [-0.2, 0) is 6.54 Å². The van der Waals surface area contributed by atoms with Crippen molar-refractivity contribution in [2.75, 3.05) is 13.2 Å². The largest absolute Gasteiger partial charge is 0.492 e. The zero-order valence-electron chi connectivity index (χ0n) is 11.7. The highest BCUT2D eigenvalue weighted by atomic mass is 32.1. The fourth-order valence-electron chi connectivity index (χ4n) is 1.76. The summed E-state index contributed by atoms with van der Waals surface area (Å²) in [6.07, 6.45) is 0. The minimum Gasteiger partial charge on any atom is -0.492 e. The van der Waals surface area contributed by atoms with Gasteiger partial charge in [-0.2, -0.15) is 0 Å². The average Bonchev–Trinajstić information content (AvgIpc) is 2.68. The molecular formula is C15H20N2OS. The first-order chi connectivity index (χ1) is 9.15. The number of hydrogen-bond donors (Lipinski definition) is 1. The molecule has 0 saturated heterocycles. The van der Waals surface area contributed by atoms with Crippen molar-refractivity contribution in [1.29, 1.82) is 0 Å². The van der Waals surface area contributed by atoms with Gasteiger partial charge < -0.3 is 10.1 Å². The summed E-state index contributed by atoms with van der Waals surface area (Å²) in [6.45, 7) is 8.54. The van der Waals surface area contributed by atoms with Crippen LogP contribution < -0.4 is 10.1 Å². The molecule has 0 amide bonds. The normalized spacial score (nSPS) is 10.7. The zero-order chi connectivity index (χ0) is 13.7. The Morgan fingerprint density at radius 1 is 1.26 bits per heavy atom. The molecule has 0 atom stereocenters. The second-order valence-electron chi connectivity index (χ2n) is 4.59. The van der Waals surface area contributed by atoms with E-state index in [1.807, 2.05) is 18.2 Å². The van der Waals surface area contributed by atoms with Gasteiger partial charge in [-0.15, -0.1) is 11.3 Å². The van der Waals surface area contributed by atoms with E-state index in [4.69, 9.17) is 4.74 Å². The van der Waals surface area contributed by atoms with E-state index < -0.39 is 0 Å². The molecule has 3 nitrogen and oxygen atoms in total. The van der Waals surface area contributed by atoms with Crippen LogP contribution in [0.25, 0.3) is 0 Å². The molecule has 1 heterocycles. The summed E-state index contributed by atoms with van der Waals surface area (Å²) in [5.74, 6) is 0.933. The van der Waals surface area contributed by atoms with Gasteiger partial charge in [-0.1, -0.05) is 12.1 Å². The second kappa shape index (κ2) is 6.68. The van der Waals surface area contributed by atoms with E-state index in [1.54, 1.807) is 11.3 Å². The Morgan fingerprint density at radius 3 is 2.79 bits per heavy atom. The van der Waals surface area contributed by atoms with Crippen molar-refractivity contribution in [3.8, 4) is 5.75 Å². The summed E-state index contributed by atoms with van der Waals surface area (Å²) in [4.78, 5) is 5.79. The quantitative estimate of drug-likeness (QED) is 0.822. The maximum atomic E-state index is 5.67. The third kappa shape index (κ3) is 4.33. The fraction of sp³-hybridized carbons (Fsp3) is 0.400. The first-order valence-electron chi connectivity index (χ1n) is 6.48. The number of benzene rings is 1. The van der Waals surface area contributed by atoms with Crippen molar-refractivity contribution in [2.45, 2.75) is 27.3 Å². The Morgan fingerprint density at radius 2 is 2.11 bits per heavy atom. The van der Waals surface area contributed by atoms with Gasteiger partial charge in [0, 0.05) is 18.0 Å². The Bertz CT molecular complexity index is 517. The van der Waals surface area contributed by atoms with Gasteiger partial charge in [0.25, 0.3) is 0 Å². The Labute approximate surface area is 118 Å². The van der Waals surface area contributed by atoms with E-state index in [0.717, 1.165) is 29.5 Å². The van der Waals surface area contributed by atoms with Gasteiger partial charge in [-0.3, -0.25) is 0 Å². The minimum atomic E-state index is 0.673. The van der Waals surface area contributed by atoms with Gasteiger partial charge in [0.15, 0.2) is 0 Å². The highest BCUT2D eigenvalue weighted by molar-refractivity contribution is 7.11. The lowest BCUT2D eigenvalue weighted by Crippen LogP contribution is -2.20. The van der Waals surface area contributed by atoms with Crippen LogP contribution in [0.15, 0.2) is 24.3 Å². The van der Waals surface area contributed by atoms with Crippen molar-refractivity contribution in [1.82, 2.24) is 10.3 Å². The number of aromatic nitrogens is 1. The topological polar surface area (TPSA) is 34.1 Å². The number of thiazole rings is 1. The summed E-state index contributed by atoms with van der Waals surface area (Å²) in [6, 6.07) is 8.12. The van der Waals surface area contributed by atoms with Crippen LogP contribution in [0.3, 0.4) is 0 Å². The summed E-state index contributed by atoms with van der Waals surface area (Å²) in [7, 11) is 0. The molecule has 1 N–H and O–H groups in total. The molecule has 0 bridgehead atoms. The van der Waals surface area contributed by atoms with Crippen molar-refractivity contribution < 1.29 is 4.74 Å². The van der Waals surface area contributed by atoms with Gasteiger partial charge >= 0.3 is 0 Å². The monoisotopic (exact) mass is 276 g/mol. The zero-order valence-corrected chi connectivity index (χ0v) is 12.5. The Hall–Kier alpha value is -1.39. The number of rotatable bonds is 6. The number of ether oxygens (including phenoxy) is 1. The lowest BCUT2D eigenvalue weighted by Gasteiger charge is -2.07. The summed E-state index contributed by atoms with van der Waals surface area (Å²) < 4.78 is 5.67. The number of nitrogens with one attached hydrogen (secondary N) is 1. The molecule has 19 heavy (non-hydrogen) atoms. The average molecular weight is 276 g/mol. The van der Waals surface area contributed by atoms with Crippen LogP contribution in [0.5, 0.6) is 5.75 Å². The number of hydrogen-bond acceptors (Lipinski definition) is 4. The molecule has 0 radical (unpaired) electrons. The first kappa shape index (κ1) is 14.0. The fourth-order valence-corrected chi connectivity index (χ4v) is 2.66. The maximum Gasteiger partial charge on any atom is 0.119 e. The van der Waals surface area contributed by atoms with Gasteiger partial charge in [-0.05, 0) is 38.5 Å². The predicted octanol–water partition coefficient (Wildman–Crippen LogP) is 3.24. The molecule has 0 aliphatic carbocycles. The Balaban J connectivity index is 1.67. The Kier molecular flexibility index (Phi) is 4.93. The van der Waals surface area contributed by atoms with Crippen LogP contribution in [0, 0.1) is 20.8 Å². The maximum absolute atomic E-state index is 5.67. The smallest absolute Gasteiger partial charge is 0.119 e. The van der Waals surface area contributed by atoms with E-state index in [1.165, 1.54) is 10.4 Å². The molecule has 0 unspecified atom stereocenters. The van der Waals surface area contributed by atoms with Crippen molar-refractivity contribution >= 4 is 11.3 Å². The summed E-state index contributed by atoms with van der Waals surface area (Å²) >= 11 is 1.76. The molecule has 0 aliphatic heterocycles. The molecule has 0 spiro atoms. The van der Waals surface area contributed by atoms with E-state index in [0.29, 0.717) is 6.61 Å². The van der Waals surface area contributed by atoms with Gasteiger partial charge in [0.05, 0.1) is 5.69 Å². The molecule has 2 rings (SSSR count). The first-order valence-corrected chi connectivity index (χ1v) is 7.30. The van der Waals surface area contributed by atoms with Crippen LogP contribution in [0.1, 0.15) is 21.1 Å². The standard InChI is InChI=1S/C15H20N2OS/c1-11-5-4-6-14(9-11)18-8-7-16-10-15-17-12(2)13(3)19-15/h4-6,9,16H,7-8,10H2,1-3H3. The van der Waals surface area contributed by atoms with Crippen LogP contribution in [-0.4, -0.2) is 18.1 Å². The van der Waals surface area contributed by atoms with E-state index in [9.17, 15) is 0 Å². The number of nitrogens with zero attached hydrogens (tertiary/aromatic N) is 1. The lowest BCUT2D eigenvalue weighted by atomic mass is 10.2. The SMILES string of the molecule is Cc1cccc(OCCNCc2nc(C)c(C)s2)c1. The van der Waals surface area contributed by atoms with E-state index in [2.05, 4.69) is 37.1 Å². The van der Waals surface area contributed by atoms with Gasteiger partial charge in [0.2, 0.25) is 0 Å². The van der Waals surface area contributed by atoms with Gasteiger partial charge in [-0.25, -0.2) is 4.98 Å². The molecule has 0 fully saturated rings. The van der Waals surface area contributed by atoms with Crippen LogP contribution >= 0.6 is 11.3 Å². The van der Waals surface area contributed by atoms with Crippen molar-refractivity contribution in [2.24, 2.45) is 0 Å². The number of aryl methyl sites for hydroxylation is 3. The molecule has 102 valence electrons. The molecule has 2 aromatic rings. The van der Waals surface area contributed by atoms with Crippen LogP contribution in [0.4, 0.5) is 0 Å². The van der Waals surface area contributed by atoms with Crippen LogP contribution in [0.2, 0.25) is 0 Å². The third-order valence-electron chi connectivity index (χ3n) is 2.89. The summed E-state index contributed by atoms with van der Waals surface area (Å²) in [5, 5.41) is 4.49. The molecule has 4 heteroatoms. The third-order valence-corrected chi connectivity index (χ3v) is 3.96. The second-order valence-corrected chi connectivity index (χ2v) is 5.88. The lowest BCUT2D eigenvalue weighted by molar-refractivity contribution is 0.313. The summed E-state index contributed by atoms with van der Waals surface area (Å²) in [5.41, 5.74) is 2.36.